The molecule has 2 aromatic carbocycles. The van der Waals surface area contributed by atoms with E-state index < -0.39 is 0 Å². The number of hydrogen-bond donors (Lipinski definition) is 2. The average Bonchev–Trinajstić information content (AvgIpc) is 3.59. The minimum Gasteiger partial charge on any atom is -0.398 e. The molecule has 3 aliphatic rings. The number of carbonyl (C=O) groups excluding carboxylic acids is 1. The van der Waals surface area contributed by atoms with E-state index in [1.807, 2.05) is 17.0 Å². The number of benzene rings is 2. The Labute approximate surface area is 156 Å². The number of ether oxygens (including phenoxy) is 1. The van der Waals surface area contributed by atoms with Crippen LogP contribution < -0.4 is 5.73 Å². The lowest BCUT2D eigenvalue weighted by atomic mass is 9.94. The number of aromatic amines is 1. The maximum atomic E-state index is 12.9. The van der Waals surface area contributed by atoms with Crippen molar-refractivity contribution in [3.8, 4) is 11.1 Å². The van der Waals surface area contributed by atoms with E-state index in [9.17, 15) is 4.79 Å². The Kier molecular flexibility index (Phi) is 3.00. The normalized spacial score (nSPS) is 21.1. The van der Waals surface area contributed by atoms with Gasteiger partial charge in [-0.25, -0.2) is 0 Å². The number of nitrogens with zero attached hydrogens (tertiary/aromatic N) is 2. The summed E-state index contributed by atoms with van der Waals surface area (Å²) in [6, 6.07) is 10.2. The summed E-state index contributed by atoms with van der Waals surface area (Å²) >= 11 is 0. The molecule has 2 aliphatic heterocycles. The van der Waals surface area contributed by atoms with Crippen LogP contribution in [0.3, 0.4) is 0 Å². The van der Waals surface area contributed by atoms with Crippen molar-refractivity contribution in [2.24, 2.45) is 0 Å². The molecule has 6 heteroatoms. The van der Waals surface area contributed by atoms with Gasteiger partial charge >= 0.3 is 0 Å². The van der Waals surface area contributed by atoms with Crippen molar-refractivity contribution >= 4 is 22.5 Å². The van der Waals surface area contributed by atoms with Crippen LogP contribution >= 0.6 is 0 Å². The van der Waals surface area contributed by atoms with Gasteiger partial charge in [0.15, 0.2) is 0 Å². The van der Waals surface area contributed by atoms with Gasteiger partial charge in [0.05, 0.1) is 23.8 Å². The Balaban J connectivity index is 1.46. The van der Waals surface area contributed by atoms with Crippen LogP contribution in [0.1, 0.15) is 40.4 Å². The number of H-pyrrole nitrogens is 1. The lowest BCUT2D eigenvalue weighted by Crippen LogP contribution is -2.28. The molecule has 6 nitrogen and oxygen atoms in total. The monoisotopic (exact) mass is 360 g/mol. The van der Waals surface area contributed by atoms with Gasteiger partial charge in [0.25, 0.3) is 5.91 Å². The highest BCUT2D eigenvalue weighted by Gasteiger charge is 2.36. The zero-order valence-electron chi connectivity index (χ0n) is 14.9. The van der Waals surface area contributed by atoms with Crippen molar-refractivity contribution in [2.45, 2.75) is 31.4 Å². The van der Waals surface area contributed by atoms with Crippen LogP contribution in [0.4, 0.5) is 5.69 Å². The summed E-state index contributed by atoms with van der Waals surface area (Å²) in [5.41, 5.74) is 12.8. The summed E-state index contributed by atoms with van der Waals surface area (Å²) in [5.74, 6) is 0.626. The van der Waals surface area contributed by atoms with E-state index in [4.69, 9.17) is 10.5 Å². The number of rotatable bonds is 4. The molecule has 0 spiro atoms. The highest BCUT2D eigenvalue weighted by Crippen LogP contribution is 2.43. The molecule has 1 saturated heterocycles. The highest BCUT2D eigenvalue weighted by atomic mass is 16.6. The zero-order valence-corrected chi connectivity index (χ0v) is 14.9. The first-order chi connectivity index (χ1) is 13.2. The molecule has 1 saturated carbocycles. The number of anilines is 1. The molecule has 3 N–H and O–H groups in total. The topological polar surface area (TPSA) is 87.5 Å². The van der Waals surface area contributed by atoms with E-state index in [1.54, 1.807) is 0 Å². The Morgan fingerprint density at radius 3 is 2.89 bits per heavy atom. The van der Waals surface area contributed by atoms with Crippen molar-refractivity contribution in [2.75, 3.05) is 18.9 Å². The van der Waals surface area contributed by atoms with Gasteiger partial charge in [0.1, 0.15) is 0 Å². The fraction of sp³-hybridized carbons (Fsp3) is 0.333. The van der Waals surface area contributed by atoms with Crippen molar-refractivity contribution in [3.63, 3.8) is 0 Å². The fourth-order valence-corrected chi connectivity index (χ4v) is 4.22. The van der Waals surface area contributed by atoms with Gasteiger partial charge in [-0.15, -0.1) is 0 Å². The first-order valence-electron chi connectivity index (χ1n) is 9.49. The third kappa shape index (κ3) is 2.36. The van der Waals surface area contributed by atoms with Crippen LogP contribution in [0, 0.1) is 0 Å². The van der Waals surface area contributed by atoms with Crippen molar-refractivity contribution in [3.05, 3.63) is 47.2 Å². The van der Waals surface area contributed by atoms with Gasteiger partial charge < -0.3 is 15.4 Å². The Bertz CT molecular complexity index is 1090. The number of nitrogen functional groups attached to an aromatic ring is 1. The van der Waals surface area contributed by atoms with Gasteiger partial charge in [-0.05, 0) is 47.7 Å². The third-order valence-electron chi connectivity index (χ3n) is 5.90. The summed E-state index contributed by atoms with van der Waals surface area (Å²) < 4.78 is 5.31. The average molecular weight is 360 g/mol. The van der Waals surface area contributed by atoms with Gasteiger partial charge in [-0.1, -0.05) is 12.1 Å². The number of carbonyl (C=O) groups is 1. The standard InChI is InChI=1S/C21H20N4O2/c22-17-5-4-14(16-9-25(8-13-10-27-13)21(26)19(16)17)12-3-6-18-15(7-12)20(24-23-18)11-1-2-11/h3-7,11,13H,1-2,8-10,22H2,(H,23,24). The molecule has 1 aliphatic carbocycles. The summed E-state index contributed by atoms with van der Waals surface area (Å²) in [6.45, 7) is 1.97. The zero-order chi connectivity index (χ0) is 18.1. The number of nitrogens with two attached hydrogens (primary N) is 1. The van der Waals surface area contributed by atoms with Crippen LogP contribution in [-0.2, 0) is 11.3 Å². The first kappa shape index (κ1) is 15.2. The van der Waals surface area contributed by atoms with Crippen LogP contribution in [-0.4, -0.2) is 40.3 Å². The molecule has 27 heavy (non-hydrogen) atoms. The second-order valence-electron chi connectivity index (χ2n) is 7.84. The number of hydrogen-bond acceptors (Lipinski definition) is 4. The molecule has 2 fully saturated rings. The Hall–Kier alpha value is -2.86. The molecule has 3 heterocycles. The van der Waals surface area contributed by atoms with Gasteiger partial charge in [0, 0.05) is 35.8 Å². The van der Waals surface area contributed by atoms with Crippen molar-refractivity contribution in [1.82, 2.24) is 15.1 Å². The maximum Gasteiger partial charge on any atom is 0.256 e. The molecule has 1 unspecified atom stereocenters. The largest absolute Gasteiger partial charge is 0.398 e. The molecular formula is C21H20N4O2. The number of amides is 1. The molecule has 136 valence electrons. The molecule has 1 atom stereocenters. The lowest BCUT2D eigenvalue weighted by molar-refractivity contribution is 0.0767. The summed E-state index contributed by atoms with van der Waals surface area (Å²) in [6.07, 6.45) is 2.63. The predicted molar refractivity (Wildman–Crippen MR) is 102 cm³/mol. The van der Waals surface area contributed by atoms with Crippen molar-refractivity contribution < 1.29 is 9.53 Å². The van der Waals surface area contributed by atoms with Crippen molar-refractivity contribution in [1.29, 1.82) is 0 Å². The fourth-order valence-electron chi connectivity index (χ4n) is 4.22. The predicted octanol–water partition coefficient (Wildman–Crippen LogP) is 3.04. The SMILES string of the molecule is Nc1ccc(-c2ccc3n[nH]c(C4CC4)c3c2)c2c1C(=O)N(CC1CO1)C2. The van der Waals surface area contributed by atoms with Crippen LogP contribution in [0.25, 0.3) is 22.0 Å². The van der Waals surface area contributed by atoms with E-state index in [1.165, 1.54) is 23.9 Å². The molecule has 0 bridgehead atoms. The molecule has 1 amide bonds. The molecule has 1 aromatic heterocycles. The minimum atomic E-state index is 0.0166. The van der Waals surface area contributed by atoms with E-state index in [2.05, 4.69) is 28.4 Å². The van der Waals surface area contributed by atoms with Crippen LogP contribution in [0.15, 0.2) is 30.3 Å². The summed E-state index contributed by atoms with van der Waals surface area (Å²) in [5, 5.41) is 8.84. The van der Waals surface area contributed by atoms with E-state index >= 15 is 0 Å². The minimum absolute atomic E-state index is 0.0166. The Morgan fingerprint density at radius 1 is 1.26 bits per heavy atom. The first-order valence-corrected chi connectivity index (χ1v) is 9.49. The van der Waals surface area contributed by atoms with E-state index in [0.29, 0.717) is 30.3 Å². The van der Waals surface area contributed by atoms with E-state index in [-0.39, 0.29) is 12.0 Å². The summed E-state index contributed by atoms with van der Waals surface area (Å²) in [4.78, 5) is 14.7. The maximum absolute atomic E-state index is 12.9. The number of fused-ring (bicyclic) bond motifs is 2. The quantitative estimate of drug-likeness (QED) is 0.553. The molecular weight excluding hydrogens is 340 g/mol. The molecule has 6 rings (SSSR count). The van der Waals surface area contributed by atoms with Gasteiger partial charge in [-0.3, -0.25) is 9.89 Å². The lowest BCUT2D eigenvalue weighted by Gasteiger charge is -2.13. The second-order valence-corrected chi connectivity index (χ2v) is 7.84. The molecule has 0 radical (unpaired) electrons. The number of nitrogens with one attached hydrogen (secondary N) is 1. The number of aromatic nitrogens is 2. The molecule has 3 aromatic rings. The highest BCUT2D eigenvalue weighted by molar-refractivity contribution is 6.05. The smallest absolute Gasteiger partial charge is 0.256 e. The second kappa shape index (κ2) is 5.33. The van der Waals surface area contributed by atoms with E-state index in [0.717, 1.165) is 28.8 Å². The summed E-state index contributed by atoms with van der Waals surface area (Å²) in [7, 11) is 0. The van der Waals surface area contributed by atoms with Gasteiger partial charge in [0.2, 0.25) is 0 Å². The van der Waals surface area contributed by atoms with Crippen LogP contribution in [0.5, 0.6) is 0 Å². The van der Waals surface area contributed by atoms with Gasteiger partial charge in [-0.2, -0.15) is 5.10 Å². The Morgan fingerprint density at radius 2 is 2.11 bits per heavy atom. The van der Waals surface area contributed by atoms with Crippen LogP contribution in [0.2, 0.25) is 0 Å². The number of epoxide rings is 1. The third-order valence-corrected chi connectivity index (χ3v) is 5.90.